The molecular formula is C14H12ClNO3S. The van der Waals surface area contributed by atoms with E-state index in [1.807, 2.05) is 18.2 Å². The van der Waals surface area contributed by atoms with Crippen molar-refractivity contribution in [3.8, 4) is 0 Å². The molecule has 0 aliphatic rings. The number of rotatable bonds is 5. The number of carboxylic acid groups (broad SMARTS) is 1. The van der Waals surface area contributed by atoms with Crippen LogP contribution in [0, 0.1) is 0 Å². The molecule has 0 saturated carbocycles. The fourth-order valence-electron chi connectivity index (χ4n) is 1.71. The van der Waals surface area contributed by atoms with Crippen LogP contribution in [0.5, 0.6) is 0 Å². The van der Waals surface area contributed by atoms with Gasteiger partial charge in [0.1, 0.15) is 5.00 Å². The van der Waals surface area contributed by atoms with Gasteiger partial charge in [-0.2, -0.15) is 0 Å². The van der Waals surface area contributed by atoms with Gasteiger partial charge in [-0.1, -0.05) is 29.8 Å². The molecule has 2 rings (SSSR count). The van der Waals surface area contributed by atoms with Crippen molar-refractivity contribution < 1.29 is 14.7 Å². The monoisotopic (exact) mass is 309 g/mol. The maximum atomic E-state index is 11.8. The van der Waals surface area contributed by atoms with Gasteiger partial charge in [-0.25, -0.2) is 4.79 Å². The average molecular weight is 310 g/mol. The molecule has 2 N–H and O–H groups in total. The number of anilines is 1. The molecule has 2 aromatic rings. The predicted molar refractivity (Wildman–Crippen MR) is 79.7 cm³/mol. The summed E-state index contributed by atoms with van der Waals surface area (Å²) in [5.41, 5.74) is 1.01. The zero-order valence-corrected chi connectivity index (χ0v) is 12.0. The Kier molecular flexibility index (Phi) is 4.76. The van der Waals surface area contributed by atoms with Crippen LogP contribution in [0.4, 0.5) is 5.00 Å². The Morgan fingerprint density at radius 1 is 1.25 bits per heavy atom. The number of hydrogen-bond acceptors (Lipinski definition) is 3. The Balaban J connectivity index is 1.95. The highest BCUT2D eigenvalue weighted by molar-refractivity contribution is 7.14. The number of thiophene rings is 1. The number of nitrogens with one attached hydrogen (secondary N) is 1. The van der Waals surface area contributed by atoms with E-state index in [9.17, 15) is 9.59 Å². The summed E-state index contributed by atoms with van der Waals surface area (Å²) in [6.07, 6.45) is 0.764. The Hall–Kier alpha value is -1.85. The van der Waals surface area contributed by atoms with Crippen molar-refractivity contribution >= 4 is 39.8 Å². The third-order valence-corrected chi connectivity index (χ3v) is 3.93. The SMILES string of the molecule is O=C(CCc1ccccc1Cl)Nc1sccc1C(=O)O. The second kappa shape index (κ2) is 6.54. The third kappa shape index (κ3) is 3.59. The van der Waals surface area contributed by atoms with Gasteiger partial charge in [-0.05, 0) is 29.5 Å². The maximum absolute atomic E-state index is 11.8. The molecule has 20 heavy (non-hydrogen) atoms. The second-order valence-corrected chi connectivity index (χ2v) is 5.43. The van der Waals surface area contributed by atoms with Crippen molar-refractivity contribution in [2.24, 2.45) is 0 Å². The zero-order chi connectivity index (χ0) is 14.5. The number of halogens is 1. The molecule has 104 valence electrons. The maximum Gasteiger partial charge on any atom is 0.338 e. The minimum Gasteiger partial charge on any atom is -0.478 e. The van der Waals surface area contributed by atoms with Crippen molar-refractivity contribution in [3.05, 3.63) is 51.9 Å². The summed E-state index contributed by atoms with van der Waals surface area (Å²) in [7, 11) is 0. The van der Waals surface area contributed by atoms with Crippen molar-refractivity contribution in [2.75, 3.05) is 5.32 Å². The van der Waals surface area contributed by atoms with E-state index in [1.54, 1.807) is 11.4 Å². The van der Waals surface area contributed by atoms with Gasteiger partial charge < -0.3 is 10.4 Å². The fourth-order valence-corrected chi connectivity index (χ4v) is 2.74. The smallest absolute Gasteiger partial charge is 0.338 e. The fraction of sp³-hybridized carbons (Fsp3) is 0.143. The lowest BCUT2D eigenvalue weighted by molar-refractivity contribution is -0.116. The van der Waals surface area contributed by atoms with E-state index in [-0.39, 0.29) is 17.9 Å². The third-order valence-electron chi connectivity index (χ3n) is 2.73. The van der Waals surface area contributed by atoms with Crippen molar-refractivity contribution in [1.82, 2.24) is 0 Å². The van der Waals surface area contributed by atoms with E-state index >= 15 is 0 Å². The first kappa shape index (κ1) is 14.6. The van der Waals surface area contributed by atoms with Crippen LogP contribution in [-0.2, 0) is 11.2 Å². The molecule has 0 aliphatic carbocycles. The van der Waals surface area contributed by atoms with Gasteiger partial charge >= 0.3 is 5.97 Å². The van der Waals surface area contributed by atoms with E-state index in [4.69, 9.17) is 16.7 Å². The van der Waals surface area contributed by atoms with Crippen LogP contribution in [0.25, 0.3) is 0 Å². The van der Waals surface area contributed by atoms with Crippen LogP contribution >= 0.6 is 22.9 Å². The number of carboxylic acids is 1. The molecule has 1 amide bonds. The van der Waals surface area contributed by atoms with Gasteiger partial charge in [0.05, 0.1) is 5.56 Å². The molecule has 0 radical (unpaired) electrons. The Labute approximate surface area is 125 Å². The summed E-state index contributed by atoms with van der Waals surface area (Å²) in [5, 5.41) is 14.2. The Morgan fingerprint density at radius 3 is 2.70 bits per heavy atom. The summed E-state index contributed by atoms with van der Waals surface area (Å²) in [5.74, 6) is -1.28. The summed E-state index contributed by atoms with van der Waals surface area (Å²) in [6.45, 7) is 0. The number of amides is 1. The minimum atomic E-state index is -1.05. The lowest BCUT2D eigenvalue weighted by atomic mass is 10.1. The van der Waals surface area contributed by atoms with E-state index in [1.165, 1.54) is 17.4 Å². The highest BCUT2D eigenvalue weighted by atomic mass is 35.5. The number of carbonyl (C=O) groups excluding carboxylic acids is 1. The Bertz CT molecular complexity index is 639. The number of carbonyl (C=O) groups is 2. The van der Waals surface area contributed by atoms with Crippen LogP contribution in [0.2, 0.25) is 5.02 Å². The molecule has 6 heteroatoms. The summed E-state index contributed by atoms with van der Waals surface area (Å²) < 4.78 is 0. The molecule has 1 aromatic heterocycles. The minimum absolute atomic E-state index is 0.112. The normalized spacial score (nSPS) is 10.2. The van der Waals surface area contributed by atoms with Crippen molar-refractivity contribution in [1.29, 1.82) is 0 Å². The van der Waals surface area contributed by atoms with Crippen LogP contribution in [0.15, 0.2) is 35.7 Å². The second-order valence-electron chi connectivity index (χ2n) is 4.11. The van der Waals surface area contributed by atoms with E-state index < -0.39 is 5.97 Å². The molecule has 1 heterocycles. The van der Waals surface area contributed by atoms with Gasteiger partial charge in [0.2, 0.25) is 5.91 Å². The van der Waals surface area contributed by atoms with Gasteiger partial charge in [0, 0.05) is 11.4 Å². The zero-order valence-electron chi connectivity index (χ0n) is 10.4. The highest BCUT2D eigenvalue weighted by Gasteiger charge is 2.14. The van der Waals surface area contributed by atoms with Crippen molar-refractivity contribution in [3.63, 3.8) is 0 Å². The first-order valence-electron chi connectivity index (χ1n) is 5.92. The van der Waals surface area contributed by atoms with Crippen LogP contribution in [0.1, 0.15) is 22.3 Å². The van der Waals surface area contributed by atoms with Crippen LogP contribution in [-0.4, -0.2) is 17.0 Å². The largest absolute Gasteiger partial charge is 0.478 e. The van der Waals surface area contributed by atoms with Gasteiger partial charge in [0.25, 0.3) is 0 Å². The molecule has 0 aliphatic heterocycles. The van der Waals surface area contributed by atoms with Crippen molar-refractivity contribution in [2.45, 2.75) is 12.8 Å². The molecule has 0 fully saturated rings. The summed E-state index contributed by atoms with van der Waals surface area (Å²) in [6, 6.07) is 8.80. The summed E-state index contributed by atoms with van der Waals surface area (Å²) in [4.78, 5) is 22.8. The van der Waals surface area contributed by atoms with E-state index in [2.05, 4.69) is 5.32 Å². The number of benzene rings is 1. The van der Waals surface area contributed by atoms with Crippen LogP contribution < -0.4 is 5.32 Å². The molecule has 0 atom stereocenters. The van der Waals surface area contributed by atoms with E-state index in [0.29, 0.717) is 16.4 Å². The first-order valence-corrected chi connectivity index (χ1v) is 7.17. The predicted octanol–water partition coefficient (Wildman–Crippen LogP) is 3.67. The standard InChI is InChI=1S/C14H12ClNO3S/c15-11-4-2-1-3-9(11)5-6-12(17)16-13-10(14(18)19)7-8-20-13/h1-4,7-8H,5-6H2,(H,16,17)(H,18,19). The molecule has 0 unspecified atom stereocenters. The molecule has 0 bridgehead atoms. The number of aryl methyl sites for hydroxylation is 1. The van der Waals surface area contributed by atoms with Gasteiger partial charge in [-0.15, -0.1) is 11.3 Å². The number of hydrogen-bond donors (Lipinski definition) is 2. The average Bonchev–Trinajstić information content (AvgIpc) is 2.86. The topological polar surface area (TPSA) is 66.4 Å². The molecular weight excluding hydrogens is 298 g/mol. The van der Waals surface area contributed by atoms with E-state index in [0.717, 1.165) is 5.56 Å². The lowest BCUT2D eigenvalue weighted by Crippen LogP contribution is -2.13. The quantitative estimate of drug-likeness (QED) is 0.885. The lowest BCUT2D eigenvalue weighted by Gasteiger charge is -2.05. The van der Waals surface area contributed by atoms with Gasteiger partial charge in [0.15, 0.2) is 0 Å². The number of aromatic carboxylic acids is 1. The highest BCUT2D eigenvalue weighted by Crippen LogP contribution is 2.23. The summed E-state index contributed by atoms with van der Waals surface area (Å²) >= 11 is 7.20. The Morgan fingerprint density at radius 2 is 2.00 bits per heavy atom. The molecule has 0 saturated heterocycles. The molecule has 4 nitrogen and oxygen atoms in total. The first-order chi connectivity index (χ1) is 9.58. The molecule has 1 aromatic carbocycles. The van der Waals surface area contributed by atoms with Crippen LogP contribution in [0.3, 0.4) is 0 Å². The van der Waals surface area contributed by atoms with Gasteiger partial charge in [-0.3, -0.25) is 4.79 Å². The molecule has 0 spiro atoms.